The molecule has 0 spiro atoms. The second-order valence-corrected chi connectivity index (χ2v) is 3.76. The fourth-order valence-corrected chi connectivity index (χ4v) is 1.81. The molecule has 1 N–H and O–H groups in total. The maximum absolute atomic E-state index is 11.2. The zero-order valence-electron chi connectivity index (χ0n) is 8.25. The second-order valence-electron chi connectivity index (χ2n) is 3.49. The van der Waals surface area contributed by atoms with Gasteiger partial charge in [0, 0.05) is 26.1 Å². The molecule has 0 radical (unpaired) electrons. The fraction of sp³-hybridized carbons (Fsp3) is 0.778. The molecule has 1 rings (SSSR count). The number of carbonyl (C=O) groups is 2. The highest BCUT2D eigenvalue weighted by Crippen LogP contribution is 2.10. The Balaban J connectivity index is 2.31. The van der Waals surface area contributed by atoms with E-state index < -0.39 is 0 Å². The summed E-state index contributed by atoms with van der Waals surface area (Å²) in [6.45, 7) is 2.89. The van der Waals surface area contributed by atoms with Crippen LogP contribution in [0, 0.1) is 0 Å². The zero-order valence-corrected chi connectivity index (χ0v) is 9.01. The average molecular weight is 219 g/mol. The van der Waals surface area contributed by atoms with Gasteiger partial charge in [-0.1, -0.05) is 0 Å². The number of carbonyl (C=O) groups excluding carboxylic acids is 2. The van der Waals surface area contributed by atoms with Gasteiger partial charge in [-0.15, -0.1) is 11.6 Å². The van der Waals surface area contributed by atoms with Gasteiger partial charge in [-0.05, 0) is 12.8 Å². The largest absolute Gasteiger partial charge is 0.353 e. The minimum absolute atomic E-state index is 0.00730. The highest BCUT2D eigenvalue weighted by Gasteiger charge is 2.22. The van der Waals surface area contributed by atoms with E-state index in [2.05, 4.69) is 5.32 Å². The van der Waals surface area contributed by atoms with E-state index in [0.717, 1.165) is 12.8 Å². The molecule has 14 heavy (non-hydrogen) atoms. The SMILES string of the molecule is CC(=O)NC1CCN(C(=O)CCl)CC1. The van der Waals surface area contributed by atoms with Gasteiger partial charge >= 0.3 is 0 Å². The van der Waals surface area contributed by atoms with Crippen LogP contribution in [0.4, 0.5) is 0 Å². The van der Waals surface area contributed by atoms with Crippen LogP contribution in [0.25, 0.3) is 0 Å². The van der Waals surface area contributed by atoms with Crippen LogP contribution < -0.4 is 5.32 Å². The van der Waals surface area contributed by atoms with Gasteiger partial charge in [-0.3, -0.25) is 9.59 Å². The third-order valence-electron chi connectivity index (χ3n) is 2.37. The van der Waals surface area contributed by atoms with Crippen LogP contribution in [0.3, 0.4) is 0 Å². The highest BCUT2D eigenvalue weighted by atomic mass is 35.5. The molecule has 0 aromatic rings. The lowest BCUT2D eigenvalue weighted by atomic mass is 10.1. The standard InChI is InChI=1S/C9H15ClN2O2/c1-7(13)11-8-2-4-12(5-3-8)9(14)6-10/h8H,2-6H2,1H3,(H,11,13). The number of rotatable bonds is 2. The molecule has 2 amide bonds. The Kier molecular flexibility index (Phi) is 4.20. The Bertz CT molecular complexity index is 225. The summed E-state index contributed by atoms with van der Waals surface area (Å²) in [6, 6.07) is 0.215. The van der Waals surface area contributed by atoms with E-state index >= 15 is 0 Å². The summed E-state index contributed by atoms with van der Waals surface area (Å²) in [5, 5.41) is 2.85. The smallest absolute Gasteiger partial charge is 0.237 e. The number of piperidine rings is 1. The lowest BCUT2D eigenvalue weighted by Gasteiger charge is -2.31. The van der Waals surface area contributed by atoms with E-state index in [0.29, 0.717) is 13.1 Å². The Hall–Kier alpha value is -0.770. The molecule has 80 valence electrons. The Labute approximate surface area is 88.6 Å². The first-order chi connectivity index (χ1) is 6.63. The first kappa shape index (κ1) is 11.3. The van der Waals surface area contributed by atoms with Crippen LogP contribution in [-0.4, -0.2) is 41.7 Å². The van der Waals surface area contributed by atoms with Crippen LogP contribution in [0.1, 0.15) is 19.8 Å². The van der Waals surface area contributed by atoms with Crippen molar-refractivity contribution in [3.05, 3.63) is 0 Å². The molecule has 4 nitrogen and oxygen atoms in total. The molecule has 1 saturated heterocycles. The quantitative estimate of drug-likeness (QED) is 0.681. The number of likely N-dealkylation sites (tertiary alicyclic amines) is 1. The molecule has 0 atom stereocenters. The van der Waals surface area contributed by atoms with E-state index in [-0.39, 0.29) is 23.7 Å². The average Bonchev–Trinajstić information content (AvgIpc) is 2.17. The third kappa shape index (κ3) is 3.18. The van der Waals surface area contributed by atoms with Crippen molar-refractivity contribution in [3.8, 4) is 0 Å². The van der Waals surface area contributed by atoms with Crippen LogP contribution in [0.5, 0.6) is 0 Å². The third-order valence-corrected chi connectivity index (χ3v) is 2.60. The van der Waals surface area contributed by atoms with Crippen LogP contribution >= 0.6 is 11.6 Å². The van der Waals surface area contributed by atoms with Gasteiger partial charge in [0.05, 0.1) is 0 Å². The molecule has 1 aliphatic rings. The van der Waals surface area contributed by atoms with Gasteiger partial charge in [0.2, 0.25) is 11.8 Å². The van der Waals surface area contributed by atoms with Crippen LogP contribution in [0.15, 0.2) is 0 Å². The number of hydrogen-bond donors (Lipinski definition) is 1. The second kappa shape index (κ2) is 5.20. The van der Waals surface area contributed by atoms with Gasteiger partial charge in [-0.25, -0.2) is 0 Å². The molecule has 1 heterocycles. The topological polar surface area (TPSA) is 49.4 Å². The summed E-state index contributed by atoms with van der Waals surface area (Å²) in [4.78, 5) is 23.7. The van der Waals surface area contributed by atoms with Crippen molar-refractivity contribution in [1.29, 1.82) is 0 Å². The predicted molar refractivity (Wildman–Crippen MR) is 54.1 cm³/mol. The molecule has 0 unspecified atom stereocenters. The predicted octanol–water partition coefficient (Wildman–Crippen LogP) is 0.352. The molecule has 0 aromatic carbocycles. The number of nitrogens with one attached hydrogen (secondary N) is 1. The molecule has 0 bridgehead atoms. The van der Waals surface area contributed by atoms with E-state index in [9.17, 15) is 9.59 Å². The molecule has 0 aliphatic carbocycles. The first-order valence-electron chi connectivity index (χ1n) is 4.74. The van der Waals surface area contributed by atoms with Crippen molar-refractivity contribution in [2.75, 3.05) is 19.0 Å². The number of amides is 2. The Morgan fingerprint density at radius 1 is 1.43 bits per heavy atom. The molecular formula is C9H15ClN2O2. The highest BCUT2D eigenvalue weighted by molar-refractivity contribution is 6.27. The molecule has 0 saturated carbocycles. The van der Waals surface area contributed by atoms with E-state index in [1.165, 1.54) is 6.92 Å². The van der Waals surface area contributed by atoms with E-state index in [1.54, 1.807) is 4.90 Å². The normalized spacial score (nSPS) is 18.0. The van der Waals surface area contributed by atoms with Gasteiger partial charge in [0.25, 0.3) is 0 Å². The maximum atomic E-state index is 11.2. The molecule has 5 heteroatoms. The number of hydrogen-bond acceptors (Lipinski definition) is 2. The molecule has 1 aliphatic heterocycles. The van der Waals surface area contributed by atoms with Crippen molar-refractivity contribution in [3.63, 3.8) is 0 Å². The lowest BCUT2D eigenvalue weighted by Crippen LogP contribution is -2.46. The summed E-state index contributed by atoms with van der Waals surface area (Å²) in [7, 11) is 0. The van der Waals surface area contributed by atoms with Crippen molar-refractivity contribution in [2.24, 2.45) is 0 Å². The minimum Gasteiger partial charge on any atom is -0.353 e. The Morgan fingerprint density at radius 3 is 2.43 bits per heavy atom. The summed E-state index contributed by atoms with van der Waals surface area (Å²) >= 11 is 5.45. The summed E-state index contributed by atoms with van der Waals surface area (Å²) in [5.74, 6) is 0.0187. The maximum Gasteiger partial charge on any atom is 0.237 e. The fourth-order valence-electron chi connectivity index (χ4n) is 1.65. The number of nitrogens with zero attached hydrogens (tertiary/aromatic N) is 1. The zero-order chi connectivity index (χ0) is 10.6. The number of alkyl halides is 1. The minimum atomic E-state index is -0.0204. The van der Waals surface area contributed by atoms with E-state index in [1.807, 2.05) is 0 Å². The van der Waals surface area contributed by atoms with Gasteiger partial charge in [0.15, 0.2) is 0 Å². The number of halogens is 1. The van der Waals surface area contributed by atoms with Gasteiger partial charge in [-0.2, -0.15) is 0 Å². The summed E-state index contributed by atoms with van der Waals surface area (Å²) in [6.07, 6.45) is 1.64. The van der Waals surface area contributed by atoms with Crippen molar-refractivity contribution in [1.82, 2.24) is 10.2 Å². The lowest BCUT2D eigenvalue weighted by molar-refractivity contribution is -0.129. The molecular weight excluding hydrogens is 204 g/mol. The molecule has 1 fully saturated rings. The Morgan fingerprint density at radius 2 is 2.00 bits per heavy atom. The monoisotopic (exact) mass is 218 g/mol. The van der Waals surface area contributed by atoms with Crippen molar-refractivity contribution in [2.45, 2.75) is 25.8 Å². The van der Waals surface area contributed by atoms with Gasteiger partial charge in [0.1, 0.15) is 5.88 Å². The van der Waals surface area contributed by atoms with Crippen molar-refractivity contribution < 1.29 is 9.59 Å². The summed E-state index contributed by atoms with van der Waals surface area (Å²) < 4.78 is 0. The van der Waals surface area contributed by atoms with Crippen LogP contribution in [0.2, 0.25) is 0 Å². The first-order valence-corrected chi connectivity index (χ1v) is 5.27. The molecule has 0 aromatic heterocycles. The van der Waals surface area contributed by atoms with Gasteiger partial charge < -0.3 is 10.2 Å². The van der Waals surface area contributed by atoms with E-state index in [4.69, 9.17) is 11.6 Å². The van der Waals surface area contributed by atoms with Crippen LogP contribution in [-0.2, 0) is 9.59 Å². The van der Waals surface area contributed by atoms with Crippen molar-refractivity contribution >= 4 is 23.4 Å². The summed E-state index contributed by atoms with van der Waals surface area (Å²) in [5.41, 5.74) is 0.